The van der Waals surface area contributed by atoms with Crippen LogP contribution in [0.4, 0.5) is 0 Å². The number of hydrogen-bond donors (Lipinski definition) is 1. The van der Waals surface area contributed by atoms with Gasteiger partial charge in [0.05, 0.1) is 6.42 Å². The molecule has 1 rings (SSSR count). The van der Waals surface area contributed by atoms with Gasteiger partial charge >= 0.3 is 5.97 Å². The molecule has 0 heterocycles. The summed E-state index contributed by atoms with van der Waals surface area (Å²) in [7, 11) is 0. The van der Waals surface area contributed by atoms with Crippen molar-refractivity contribution in [2.75, 3.05) is 13.1 Å². The lowest BCUT2D eigenvalue weighted by Gasteiger charge is -2.23. The summed E-state index contributed by atoms with van der Waals surface area (Å²) in [4.78, 5) is 24.0. The van der Waals surface area contributed by atoms with Crippen molar-refractivity contribution >= 4 is 11.9 Å². The smallest absolute Gasteiger partial charge is 0.305 e. The summed E-state index contributed by atoms with van der Waals surface area (Å²) in [6, 6.07) is 0. The molecule has 0 spiro atoms. The average molecular weight is 253 g/mol. The Morgan fingerprint density at radius 1 is 1.33 bits per heavy atom. The summed E-state index contributed by atoms with van der Waals surface area (Å²) in [5.74, 6) is -0.798. The molecule has 102 valence electrons. The average Bonchev–Trinajstić information content (AvgIpc) is 2.39. The van der Waals surface area contributed by atoms with Gasteiger partial charge in [-0.1, -0.05) is 18.6 Å². The molecule has 0 saturated heterocycles. The number of amides is 1. The first-order chi connectivity index (χ1) is 8.63. The maximum absolute atomic E-state index is 11.7. The summed E-state index contributed by atoms with van der Waals surface area (Å²) in [6.45, 7) is 2.80. The number of allylic oxidation sites excluding steroid dienone is 1. The molecule has 0 radical (unpaired) electrons. The van der Waals surface area contributed by atoms with Gasteiger partial charge < -0.3 is 10.0 Å². The maximum Gasteiger partial charge on any atom is 0.305 e. The van der Waals surface area contributed by atoms with E-state index in [1.54, 1.807) is 4.90 Å². The zero-order chi connectivity index (χ0) is 13.4. The van der Waals surface area contributed by atoms with E-state index in [2.05, 4.69) is 6.08 Å². The van der Waals surface area contributed by atoms with Crippen molar-refractivity contribution in [2.45, 2.75) is 51.9 Å². The SMILES string of the molecule is CCC(=O)N(CCC(=O)O)CCC1=CCCCC1. The summed E-state index contributed by atoms with van der Waals surface area (Å²) < 4.78 is 0. The predicted molar refractivity (Wildman–Crippen MR) is 70.3 cm³/mol. The van der Waals surface area contributed by atoms with Crippen molar-refractivity contribution in [2.24, 2.45) is 0 Å². The lowest BCUT2D eigenvalue weighted by Crippen LogP contribution is -2.33. The standard InChI is InChI=1S/C14H23NO3/c1-2-13(16)15(11-9-14(17)18)10-8-12-6-4-3-5-7-12/h6H,2-5,7-11H2,1H3,(H,17,18). The van der Waals surface area contributed by atoms with Crippen LogP contribution in [0.2, 0.25) is 0 Å². The van der Waals surface area contributed by atoms with Crippen molar-refractivity contribution in [3.8, 4) is 0 Å². The Hall–Kier alpha value is -1.32. The Balaban J connectivity index is 2.42. The summed E-state index contributed by atoms with van der Waals surface area (Å²) in [6.07, 6.45) is 8.42. The van der Waals surface area contributed by atoms with Crippen molar-refractivity contribution < 1.29 is 14.7 Å². The number of rotatable bonds is 7. The molecule has 0 atom stereocenters. The van der Waals surface area contributed by atoms with E-state index in [0.717, 1.165) is 19.3 Å². The minimum absolute atomic E-state index is 0.0325. The Kier molecular flexibility index (Phi) is 6.47. The quantitative estimate of drug-likeness (QED) is 0.709. The summed E-state index contributed by atoms with van der Waals surface area (Å²) in [5, 5.41) is 8.68. The Bertz CT molecular complexity index is 323. The maximum atomic E-state index is 11.7. The van der Waals surface area contributed by atoms with Crippen LogP contribution in [0.3, 0.4) is 0 Å². The van der Waals surface area contributed by atoms with Crippen molar-refractivity contribution in [1.29, 1.82) is 0 Å². The van der Waals surface area contributed by atoms with E-state index in [1.165, 1.54) is 18.4 Å². The van der Waals surface area contributed by atoms with Crippen LogP contribution in [0.5, 0.6) is 0 Å². The van der Waals surface area contributed by atoms with Crippen LogP contribution >= 0.6 is 0 Å². The molecule has 0 aromatic heterocycles. The van der Waals surface area contributed by atoms with Gasteiger partial charge in [0.15, 0.2) is 0 Å². The third-order valence-electron chi connectivity index (χ3n) is 3.34. The highest BCUT2D eigenvalue weighted by Gasteiger charge is 2.14. The number of carbonyl (C=O) groups is 2. The van der Waals surface area contributed by atoms with Gasteiger partial charge in [0.25, 0.3) is 0 Å². The minimum Gasteiger partial charge on any atom is -0.481 e. The second kappa shape index (κ2) is 7.90. The molecule has 1 aliphatic carbocycles. The lowest BCUT2D eigenvalue weighted by atomic mass is 9.97. The van der Waals surface area contributed by atoms with Crippen LogP contribution < -0.4 is 0 Å². The highest BCUT2D eigenvalue weighted by molar-refractivity contribution is 5.76. The number of nitrogens with zero attached hydrogens (tertiary/aromatic N) is 1. The molecule has 1 N–H and O–H groups in total. The Labute approximate surface area is 109 Å². The largest absolute Gasteiger partial charge is 0.481 e. The molecule has 1 aliphatic rings. The highest BCUT2D eigenvalue weighted by atomic mass is 16.4. The lowest BCUT2D eigenvalue weighted by molar-refractivity contribution is -0.138. The number of carboxylic acids is 1. The minimum atomic E-state index is -0.846. The van der Waals surface area contributed by atoms with Gasteiger partial charge in [-0.25, -0.2) is 0 Å². The molecular weight excluding hydrogens is 230 g/mol. The first-order valence-corrected chi connectivity index (χ1v) is 6.81. The van der Waals surface area contributed by atoms with Crippen molar-refractivity contribution in [3.63, 3.8) is 0 Å². The molecule has 18 heavy (non-hydrogen) atoms. The molecule has 0 aliphatic heterocycles. The molecule has 0 saturated carbocycles. The van der Waals surface area contributed by atoms with Crippen LogP contribution in [-0.2, 0) is 9.59 Å². The molecule has 0 unspecified atom stereocenters. The highest BCUT2D eigenvalue weighted by Crippen LogP contribution is 2.20. The molecule has 0 bridgehead atoms. The van der Waals surface area contributed by atoms with Gasteiger partial charge in [-0.15, -0.1) is 0 Å². The molecule has 0 aromatic carbocycles. The van der Waals surface area contributed by atoms with Gasteiger partial charge in [0.2, 0.25) is 5.91 Å². The molecule has 4 heteroatoms. The van der Waals surface area contributed by atoms with Crippen LogP contribution in [0.15, 0.2) is 11.6 Å². The zero-order valence-electron chi connectivity index (χ0n) is 11.2. The van der Waals surface area contributed by atoms with E-state index in [4.69, 9.17) is 5.11 Å². The number of aliphatic carboxylic acids is 1. The van der Waals surface area contributed by atoms with Crippen molar-refractivity contribution in [1.82, 2.24) is 4.90 Å². The molecule has 0 fully saturated rings. The van der Waals surface area contributed by atoms with Crippen LogP contribution in [0.25, 0.3) is 0 Å². The van der Waals surface area contributed by atoms with Gasteiger partial charge in [-0.3, -0.25) is 9.59 Å². The first-order valence-electron chi connectivity index (χ1n) is 6.81. The fraction of sp³-hybridized carbons (Fsp3) is 0.714. The topological polar surface area (TPSA) is 57.6 Å². The molecule has 4 nitrogen and oxygen atoms in total. The van der Waals surface area contributed by atoms with Gasteiger partial charge in [0.1, 0.15) is 0 Å². The van der Waals surface area contributed by atoms with E-state index >= 15 is 0 Å². The predicted octanol–water partition coefficient (Wildman–Crippen LogP) is 2.59. The zero-order valence-corrected chi connectivity index (χ0v) is 11.2. The normalized spacial score (nSPS) is 15.1. The summed E-state index contributed by atoms with van der Waals surface area (Å²) >= 11 is 0. The molecular formula is C14H23NO3. The number of carboxylic acid groups (broad SMARTS) is 1. The van der Waals surface area contributed by atoms with Gasteiger partial charge in [-0.05, 0) is 32.1 Å². The number of hydrogen-bond acceptors (Lipinski definition) is 2. The second-order valence-electron chi connectivity index (χ2n) is 4.74. The fourth-order valence-corrected chi connectivity index (χ4v) is 2.23. The summed E-state index contributed by atoms with van der Waals surface area (Å²) in [5.41, 5.74) is 1.42. The van der Waals surface area contributed by atoms with Crippen LogP contribution in [-0.4, -0.2) is 35.0 Å². The van der Waals surface area contributed by atoms with Gasteiger partial charge in [-0.2, -0.15) is 0 Å². The van der Waals surface area contributed by atoms with Crippen LogP contribution in [0.1, 0.15) is 51.9 Å². The Morgan fingerprint density at radius 3 is 2.67 bits per heavy atom. The third-order valence-corrected chi connectivity index (χ3v) is 3.34. The van der Waals surface area contributed by atoms with Crippen molar-refractivity contribution in [3.05, 3.63) is 11.6 Å². The van der Waals surface area contributed by atoms with Gasteiger partial charge in [0, 0.05) is 19.5 Å². The third kappa shape index (κ3) is 5.34. The fourth-order valence-electron chi connectivity index (χ4n) is 2.23. The second-order valence-corrected chi connectivity index (χ2v) is 4.74. The monoisotopic (exact) mass is 253 g/mol. The number of carbonyl (C=O) groups excluding carboxylic acids is 1. The van der Waals surface area contributed by atoms with E-state index in [-0.39, 0.29) is 12.3 Å². The Morgan fingerprint density at radius 2 is 2.11 bits per heavy atom. The van der Waals surface area contributed by atoms with E-state index < -0.39 is 5.97 Å². The molecule has 0 aromatic rings. The van der Waals surface area contributed by atoms with E-state index in [0.29, 0.717) is 19.5 Å². The first kappa shape index (κ1) is 14.7. The van der Waals surface area contributed by atoms with E-state index in [1.807, 2.05) is 6.92 Å². The van der Waals surface area contributed by atoms with Crippen LogP contribution in [0, 0.1) is 0 Å². The van der Waals surface area contributed by atoms with E-state index in [9.17, 15) is 9.59 Å². The molecule has 1 amide bonds.